The number of anilines is 1. The SMILES string of the molecule is COc1cc(NC(C)=O)c(Cl)cc1C(=O)N[C@H]1CCNC[C@@H]1OC. The van der Waals surface area contributed by atoms with E-state index in [-0.39, 0.29) is 29.0 Å². The second-order valence-electron chi connectivity index (χ2n) is 5.56. The predicted molar refractivity (Wildman–Crippen MR) is 91.8 cm³/mol. The summed E-state index contributed by atoms with van der Waals surface area (Å²) in [6.45, 7) is 2.87. The van der Waals surface area contributed by atoms with Crippen molar-refractivity contribution in [3.05, 3.63) is 22.7 Å². The summed E-state index contributed by atoms with van der Waals surface area (Å²) >= 11 is 6.16. The minimum absolute atomic E-state index is 0.0946. The van der Waals surface area contributed by atoms with Crippen LogP contribution >= 0.6 is 11.6 Å². The number of amides is 2. The van der Waals surface area contributed by atoms with Gasteiger partial charge in [-0.05, 0) is 19.0 Å². The van der Waals surface area contributed by atoms with Gasteiger partial charge < -0.3 is 25.4 Å². The van der Waals surface area contributed by atoms with Crippen LogP contribution in [0, 0.1) is 0 Å². The highest BCUT2D eigenvalue weighted by Crippen LogP contribution is 2.31. The van der Waals surface area contributed by atoms with Gasteiger partial charge in [0.15, 0.2) is 0 Å². The molecule has 0 unspecified atom stereocenters. The smallest absolute Gasteiger partial charge is 0.255 e. The summed E-state index contributed by atoms with van der Waals surface area (Å²) in [5, 5.41) is 9.06. The molecule has 1 aromatic carbocycles. The number of halogens is 1. The molecule has 1 saturated heterocycles. The van der Waals surface area contributed by atoms with Gasteiger partial charge in [-0.2, -0.15) is 0 Å². The number of nitrogens with one attached hydrogen (secondary N) is 3. The number of carbonyl (C=O) groups excluding carboxylic acids is 2. The molecule has 7 nitrogen and oxygen atoms in total. The molecule has 0 radical (unpaired) electrons. The highest BCUT2D eigenvalue weighted by Gasteiger charge is 2.27. The second kappa shape index (κ2) is 8.32. The molecule has 1 fully saturated rings. The maximum absolute atomic E-state index is 12.6. The third-order valence-electron chi connectivity index (χ3n) is 3.89. The Morgan fingerprint density at radius 3 is 2.71 bits per heavy atom. The number of hydrogen-bond acceptors (Lipinski definition) is 5. The largest absolute Gasteiger partial charge is 0.496 e. The molecule has 2 amide bonds. The van der Waals surface area contributed by atoms with E-state index in [1.54, 1.807) is 7.11 Å². The van der Waals surface area contributed by atoms with E-state index >= 15 is 0 Å². The molecule has 1 aromatic rings. The third-order valence-corrected chi connectivity index (χ3v) is 4.20. The van der Waals surface area contributed by atoms with Gasteiger partial charge in [0.25, 0.3) is 5.91 Å². The number of methoxy groups -OCH3 is 2. The lowest BCUT2D eigenvalue weighted by Gasteiger charge is -2.31. The van der Waals surface area contributed by atoms with Crippen LogP contribution in [0.5, 0.6) is 5.75 Å². The summed E-state index contributed by atoms with van der Waals surface area (Å²) in [7, 11) is 3.08. The lowest BCUT2D eigenvalue weighted by Crippen LogP contribution is -2.53. The van der Waals surface area contributed by atoms with Crippen molar-refractivity contribution in [2.75, 3.05) is 32.6 Å². The van der Waals surface area contributed by atoms with Gasteiger partial charge in [0.2, 0.25) is 5.91 Å². The highest BCUT2D eigenvalue weighted by molar-refractivity contribution is 6.34. The van der Waals surface area contributed by atoms with Gasteiger partial charge in [0.1, 0.15) is 5.75 Å². The summed E-state index contributed by atoms with van der Waals surface area (Å²) in [6.07, 6.45) is 0.674. The first-order valence-electron chi connectivity index (χ1n) is 7.65. The van der Waals surface area contributed by atoms with Gasteiger partial charge in [-0.1, -0.05) is 11.6 Å². The number of rotatable bonds is 5. The fourth-order valence-electron chi connectivity index (χ4n) is 2.67. The van der Waals surface area contributed by atoms with Crippen molar-refractivity contribution < 1.29 is 19.1 Å². The number of hydrogen-bond donors (Lipinski definition) is 3. The minimum atomic E-state index is -0.294. The third kappa shape index (κ3) is 4.37. The molecule has 24 heavy (non-hydrogen) atoms. The van der Waals surface area contributed by atoms with E-state index in [0.717, 1.165) is 13.0 Å². The molecule has 0 bridgehead atoms. The molecular formula is C16H22ClN3O4. The Morgan fingerprint density at radius 1 is 1.33 bits per heavy atom. The van der Waals surface area contributed by atoms with Gasteiger partial charge in [0.05, 0.1) is 35.5 Å². The van der Waals surface area contributed by atoms with Gasteiger partial charge in [-0.3, -0.25) is 9.59 Å². The van der Waals surface area contributed by atoms with Crippen molar-refractivity contribution in [1.82, 2.24) is 10.6 Å². The van der Waals surface area contributed by atoms with Crippen LogP contribution in [0.15, 0.2) is 12.1 Å². The summed E-state index contributed by atoms with van der Waals surface area (Å²) in [6, 6.07) is 2.93. The van der Waals surface area contributed by atoms with Crippen LogP contribution in [0.2, 0.25) is 5.02 Å². The lowest BCUT2D eigenvalue weighted by atomic mass is 10.0. The quantitative estimate of drug-likeness (QED) is 0.743. The topological polar surface area (TPSA) is 88.7 Å². The zero-order chi connectivity index (χ0) is 17.7. The van der Waals surface area contributed by atoms with Crippen molar-refractivity contribution in [3.63, 3.8) is 0 Å². The van der Waals surface area contributed by atoms with Crippen molar-refractivity contribution in [3.8, 4) is 5.75 Å². The molecule has 1 heterocycles. The van der Waals surface area contributed by atoms with Gasteiger partial charge in [0, 0.05) is 26.6 Å². The maximum Gasteiger partial charge on any atom is 0.255 e. The van der Waals surface area contributed by atoms with E-state index in [4.69, 9.17) is 21.1 Å². The summed E-state index contributed by atoms with van der Waals surface area (Å²) in [5.74, 6) is -0.213. The van der Waals surface area contributed by atoms with E-state index < -0.39 is 0 Å². The van der Waals surface area contributed by atoms with Crippen LogP contribution in [0.25, 0.3) is 0 Å². The van der Waals surface area contributed by atoms with Crippen LogP contribution in [0.4, 0.5) is 5.69 Å². The summed E-state index contributed by atoms with van der Waals surface area (Å²) in [4.78, 5) is 23.8. The summed E-state index contributed by atoms with van der Waals surface area (Å²) in [5.41, 5.74) is 0.708. The Morgan fingerprint density at radius 2 is 2.08 bits per heavy atom. The Hall–Kier alpha value is -1.83. The molecule has 3 N–H and O–H groups in total. The number of carbonyl (C=O) groups is 2. The van der Waals surface area contributed by atoms with E-state index in [1.807, 2.05) is 0 Å². The Kier molecular flexibility index (Phi) is 6.42. The molecule has 2 rings (SSSR count). The average Bonchev–Trinajstić information content (AvgIpc) is 2.56. The first-order chi connectivity index (χ1) is 11.5. The fourth-order valence-corrected chi connectivity index (χ4v) is 2.88. The molecule has 0 spiro atoms. The van der Waals surface area contributed by atoms with E-state index in [9.17, 15) is 9.59 Å². The van der Waals surface area contributed by atoms with Crippen molar-refractivity contribution in [1.29, 1.82) is 0 Å². The molecular weight excluding hydrogens is 334 g/mol. The Labute approximate surface area is 146 Å². The fraction of sp³-hybridized carbons (Fsp3) is 0.500. The lowest BCUT2D eigenvalue weighted by molar-refractivity contribution is -0.114. The van der Waals surface area contributed by atoms with Crippen LogP contribution in [0.3, 0.4) is 0 Å². The normalized spacial score (nSPS) is 20.3. The van der Waals surface area contributed by atoms with Gasteiger partial charge >= 0.3 is 0 Å². The number of benzene rings is 1. The molecule has 0 saturated carbocycles. The molecule has 2 atom stereocenters. The minimum Gasteiger partial charge on any atom is -0.496 e. The average molecular weight is 356 g/mol. The van der Waals surface area contributed by atoms with Crippen molar-refractivity contribution in [2.45, 2.75) is 25.5 Å². The standard InChI is InChI=1S/C16H22ClN3O4/c1-9(21)19-13-7-14(23-2)10(6-11(13)17)16(22)20-12-4-5-18-8-15(12)24-3/h6-7,12,15,18H,4-5,8H2,1-3H3,(H,19,21)(H,20,22)/t12-,15-/m0/s1. The molecule has 1 aliphatic rings. The monoisotopic (exact) mass is 355 g/mol. The first-order valence-corrected chi connectivity index (χ1v) is 8.03. The van der Waals surface area contributed by atoms with Crippen molar-refractivity contribution >= 4 is 29.1 Å². The van der Waals surface area contributed by atoms with Crippen molar-refractivity contribution in [2.24, 2.45) is 0 Å². The predicted octanol–water partition coefficient (Wildman–Crippen LogP) is 1.41. The van der Waals surface area contributed by atoms with E-state index in [1.165, 1.54) is 26.2 Å². The highest BCUT2D eigenvalue weighted by atomic mass is 35.5. The van der Waals surface area contributed by atoms with Crippen LogP contribution in [-0.4, -0.2) is 51.3 Å². The van der Waals surface area contributed by atoms with E-state index in [0.29, 0.717) is 23.5 Å². The second-order valence-corrected chi connectivity index (χ2v) is 5.97. The summed E-state index contributed by atoms with van der Waals surface area (Å²) < 4.78 is 10.7. The molecule has 0 aliphatic carbocycles. The molecule has 1 aliphatic heterocycles. The Bertz CT molecular complexity index is 624. The van der Waals surface area contributed by atoms with Gasteiger partial charge in [-0.25, -0.2) is 0 Å². The van der Waals surface area contributed by atoms with Crippen LogP contribution in [-0.2, 0) is 9.53 Å². The zero-order valence-electron chi connectivity index (χ0n) is 13.9. The van der Waals surface area contributed by atoms with Crippen LogP contribution < -0.4 is 20.7 Å². The Balaban J connectivity index is 2.21. The van der Waals surface area contributed by atoms with E-state index in [2.05, 4.69) is 16.0 Å². The molecule has 8 heteroatoms. The van der Waals surface area contributed by atoms with Crippen LogP contribution in [0.1, 0.15) is 23.7 Å². The maximum atomic E-state index is 12.6. The zero-order valence-corrected chi connectivity index (χ0v) is 14.7. The molecule has 0 aromatic heterocycles. The number of ether oxygens (including phenoxy) is 2. The molecule has 132 valence electrons. The first kappa shape index (κ1) is 18.5. The van der Waals surface area contributed by atoms with Gasteiger partial charge in [-0.15, -0.1) is 0 Å². The number of piperidine rings is 1.